The van der Waals surface area contributed by atoms with Crippen molar-refractivity contribution in [1.82, 2.24) is 10.2 Å². The highest BCUT2D eigenvalue weighted by atomic mass is 15.2. The first kappa shape index (κ1) is 13.8. The topological polar surface area (TPSA) is 39.1 Å². The number of nitrogens with one attached hydrogen (secondary N) is 1. The molecule has 3 nitrogen and oxygen atoms in total. The molecule has 2 unspecified atom stereocenters. The third-order valence-electron chi connectivity index (χ3n) is 4.09. The number of hydrogen-bond acceptors (Lipinski definition) is 3. The first-order valence-electron chi connectivity index (χ1n) is 7.50. The minimum atomic E-state index is 0.596. The Morgan fingerprint density at radius 2 is 2.06 bits per heavy atom. The molecule has 1 aliphatic carbocycles. The van der Waals surface area contributed by atoms with E-state index in [1.165, 1.54) is 25.7 Å². The minimum Gasteiger partial charge on any atom is -0.312 e. The molecule has 1 N–H and O–H groups in total. The maximum absolute atomic E-state index is 8.89. The number of hydrogen-bond donors (Lipinski definition) is 1. The van der Waals surface area contributed by atoms with E-state index in [4.69, 9.17) is 5.26 Å². The van der Waals surface area contributed by atoms with Gasteiger partial charge in [0.15, 0.2) is 0 Å². The normalized spacial score (nSPS) is 29.4. The molecule has 1 saturated carbocycles. The van der Waals surface area contributed by atoms with E-state index in [-0.39, 0.29) is 0 Å². The standard InChI is InChI=1S/C15H27N3/c1-12(2)9-17-15-8-14(7-13-3-4-13)10-18(11-15)6-5-16/h12-15,17H,3-4,6-11H2,1-2H3. The summed E-state index contributed by atoms with van der Waals surface area (Å²) in [5.41, 5.74) is 0. The Balaban J connectivity index is 1.82. The molecular weight excluding hydrogens is 222 g/mol. The second-order valence-electron chi connectivity index (χ2n) is 6.63. The minimum absolute atomic E-state index is 0.596. The molecule has 2 rings (SSSR count). The van der Waals surface area contributed by atoms with E-state index in [0.29, 0.717) is 18.5 Å². The number of nitrogens with zero attached hydrogens (tertiary/aromatic N) is 2. The van der Waals surface area contributed by atoms with Gasteiger partial charge in [-0.2, -0.15) is 5.26 Å². The molecule has 2 aliphatic rings. The molecule has 0 spiro atoms. The van der Waals surface area contributed by atoms with Gasteiger partial charge in [-0.3, -0.25) is 4.90 Å². The average molecular weight is 249 g/mol. The van der Waals surface area contributed by atoms with E-state index < -0.39 is 0 Å². The maximum Gasteiger partial charge on any atom is 0.0866 e. The van der Waals surface area contributed by atoms with Crippen LogP contribution in [0.2, 0.25) is 0 Å². The van der Waals surface area contributed by atoms with E-state index >= 15 is 0 Å². The quantitative estimate of drug-likeness (QED) is 0.734. The van der Waals surface area contributed by atoms with Crippen LogP contribution in [0.5, 0.6) is 0 Å². The molecule has 2 fully saturated rings. The van der Waals surface area contributed by atoms with Crippen molar-refractivity contribution >= 4 is 0 Å². The van der Waals surface area contributed by atoms with Gasteiger partial charge in [-0.05, 0) is 37.1 Å². The van der Waals surface area contributed by atoms with Crippen LogP contribution >= 0.6 is 0 Å². The Morgan fingerprint density at radius 3 is 2.67 bits per heavy atom. The first-order valence-corrected chi connectivity index (χ1v) is 7.50. The Kier molecular flexibility index (Phi) is 5.03. The van der Waals surface area contributed by atoms with Crippen molar-refractivity contribution in [3.63, 3.8) is 0 Å². The van der Waals surface area contributed by atoms with Gasteiger partial charge in [0.2, 0.25) is 0 Å². The fraction of sp³-hybridized carbons (Fsp3) is 0.933. The molecule has 102 valence electrons. The Morgan fingerprint density at radius 1 is 1.28 bits per heavy atom. The van der Waals surface area contributed by atoms with Gasteiger partial charge in [-0.1, -0.05) is 26.7 Å². The number of likely N-dealkylation sites (tertiary alicyclic amines) is 1. The molecular formula is C15H27N3. The summed E-state index contributed by atoms with van der Waals surface area (Å²) >= 11 is 0. The van der Waals surface area contributed by atoms with E-state index in [1.54, 1.807) is 0 Å². The zero-order valence-electron chi connectivity index (χ0n) is 11.9. The lowest BCUT2D eigenvalue weighted by Gasteiger charge is -2.37. The zero-order chi connectivity index (χ0) is 13.0. The summed E-state index contributed by atoms with van der Waals surface area (Å²) in [5.74, 6) is 2.52. The van der Waals surface area contributed by atoms with Crippen molar-refractivity contribution in [3.8, 4) is 6.07 Å². The van der Waals surface area contributed by atoms with Crippen LogP contribution in [0.4, 0.5) is 0 Å². The van der Waals surface area contributed by atoms with Crippen LogP contribution in [0.15, 0.2) is 0 Å². The molecule has 3 heteroatoms. The van der Waals surface area contributed by atoms with Crippen LogP contribution in [0, 0.1) is 29.1 Å². The van der Waals surface area contributed by atoms with Crippen LogP contribution in [-0.2, 0) is 0 Å². The molecule has 0 amide bonds. The Labute approximate surface area is 112 Å². The van der Waals surface area contributed by atoms with Gasteiger partial charge in [0.25, 0.3) is 0 Å². The lowest BCUT2D eigenvalue weighted by molar-refractivity contribution is 0.144. The third-order valence-corrected chi connectivity index (χ3v) is 4.09. The molecule has 0 radical (unpaired) electrons. The van der Waals surface area contributed by atoms with Crippen molar-refractivity contribution in [3.05, 3.63) is 0 Å². The van der Waals surface area contributed by atoms with E-state index in [1.807, 2.05) is 0 Å². The van der Waals surface area contributed by atoms with Gasteiger partial charge >= 0.3 is 0 Å². The second kappa shape index (κ2) is 6.54. The summed E-state index contributed by atoms with van der Waals surface area (Å²) in [6, 6.07) is 2.91. The fourth-order valence-electron chi connectivity index (χ4n) is 3.08. The van der Waals surface area contributed by atoms with Crippen LogP contribution < -0.4 is 5.32 Å². The summed E-state index contributed by atoms with van der Waals surface area (Å²) in [6.45, 7) is 8.41. The van der Waals surface area contributed by atoms with E-state index in [2.05, 4.69) is 30.1 Å². The van der Waals surface area contributed by atoms with Crippen LogP contribution in [0.25, 0.3) is 0 Å². The third kappa shape index (κ3) is 4.59. The fourth-order valence-corrected chi connectivity index (χ4v) is 3.08. The SMILES string of the molecule is CC(C)CNC1CC(CC2CC2)CN(CC#N)C1. The summed E-state index contributed by atoms with van der Waals surface area (Å²) < 4.78 is 0. The lowest BCUT2D eigenvalue weighted by atomic mass is 9.89. The molecule has 0 bridgehead atoms. The van der Waals surface area contributed by atoms with Gasteiger partial charge < -0.3 is 5.32 Å². The van der Waals surface area contributed by atoms with Crippen LogP contribution in [-0.4, -0.2) is 37.1 Å². The van der Waals surface area contributed by atoms with Crippen molar-refractivity contribution in [1.29, 1.82) is 5.26 Å². The lowest BCUT2D eigenvalue weighted by Crippen LogP contribution is -2.50. The molecule has 1 aliphatic heterocycles. The van der Waals surface area contributed by atoms with Crippen molar-refractivity contribution in [2.45, 2.75) is 45.6 Å². The predicted molar refractivity (Wildman–Crippen MR) is 74.1 cm³/mol. The van der Waals surface area contributed by atoms with Gasteiger partial charge in [0.1, 0.15) is 0 Å². The van der Waals surface area contributed by atoms with Crippen LogP contribution in [0.3, 0.4) is 0 Å². The molecule has 2 atom stereocenters. The van der Waals surface area contributed by atoms with Crippen LogP contribution in [0.1, 0.15) is 39.5 Å². The molecule has 1 saturated heterocycles. The second-order valence-corrected chi connectivity index (χ2v) is 6.63. The highest BCUT2D eigenvalue weighted by molar-refractivity contribution is 4.90. The maximum atomic E-state index is 8.89. The molecule has 18 heavy (non-hydrogen) atoms. The van der Waals surface area contributed by atoms with Gasteiger partial charge in [-0.15, -0.1) is 0 Å². The Bertz CT molecular complexity index is 291. The number of rotatable bonds is 6. The molecule has 0 aromatic heterocycles. The molecule has 0 aromatic rings. The highest BCUT2D eigenvalue weighted by Gasteiger charge is 2.31. The number of piperidine rings is 1. The van der Waals surface area contributed by atoms with Crippen molar-refractivity contribution < 1.29 is 0 Å². The first-order chi connectivity index (χ1) is 8.67. The monoisotopic (exact) mass is 249 g/mol. The van der Waals surface area contributed by atoms with Crippen molar-refractivity contribution in [2.75, 3.05) is 26.2 Å². The molecule has 0 aromatic carbocycles. The average Bonchev–Trinajstić information content (AvgIpc) is 3.10. The smallest absolute Gasteiger partial charge is 0.0866 e. The Hall–Kier alpha value is -0.590. The predicted octanol–water partition coefficient (Wildman–Crippen LogP) is 2.25. The summed E-state index contributed by atoms with van der Waals surface area (Å²) in [4.78, 5) is 2.34. The van der Waals surface area contributed by atoms with Gasteiger partial charge in [0.05, 0.1) is 12.6 Å². The van der Waals surface area contributed by atoms with E-state index in [0.717, 1.165) is 31.5 Å². The largest absolute Gasteiger partial charge is 0.312 e. The van der Waals surface area contributed by atoms with E-state index in [9.17, 15) is 0 Å². The summed E-state index contributed by atoms with van der Waals surface area (Å²) in [5, 5.41) is 12.6. The number of nitriles is 1. The molecule has 1 heterocycles. The zero-order valence-corrected chi connectivity index (χ0v) is 11.9. The van der Waals surface area contributed by atoms with Gasteiger partial charge in [0, 0.05) is 19.1 Å². The van der Waals surface area contributed by atoms with Crippen molar-refractivity contribution in [2.24, 2.45) is 17.8 Å². The highest BCUT2D eigenvalue weighted by Crippen LogP contribution is 2.37. The van der Waals surface area contributed by atoms with Gasteiger partial charge in [-0.25, -0.2) is 0 Å². The summed E-state index contributed by atoms with van der Waals surface area (Å²) in [7, 11) is 0. The summed E-state index contributed by atoms with van der Waals surface area (Å²) in [6.07, 6.45) is 5.59.